The monoisotopic (exact) mass is 486 g/mol. The molecule has 4 radical (unpaired) electrons. The highest BCUT2D eigenvalue weighted by molar-refractivity contribution is 6.30. The van der Waals surface area contributed by atoms with E-state index in [9.17, 15) is 35.0 Å². The van der Waals surface area contributed by atoms with Gasteiger partial charge in [0.05, 0.1) is 38.2 Å². The third kappa shape index (κ3) is 4.85. The summed E-state index contributed by atoms with van der Waals surface area (Å²) in [4.78, 5) is 0. The lowest BCUT2D eigenvalue weighted by molar-refractivity contribution is -0.188. The third-order valence-corrected chi connectivity index (χ3v) is 7.00. The minimum atomic E-state index is -2.84. The largest absolute Gasteiger partial charge is 0.437 e. The van der Waals surface area contributed by atoms with Crippen molar-refractivity contribution >= 4 is 22.8 Å². The van der Waals surface area contributed by atoms with Crippen LogP contribution in [-0.4, -0.2) is 138 Å². The first-order valence-electron chi connectivity index (χ1n) is 10.8. The fourth-order valence-corrected chi connectivity index (χ4v) is 4.37. The van der Waals surface area contributed by atoms with E-state index in [1.807, 2.05) is 0 Å². The van der Waals surface area contributed by atoms with Gasteiger partial charge in [-0.1, -0.05) is 12.2 Å². The zero-order valence-electron chi connectivity index (χ0n) is 18.9. The van der Waals surface area contributed by atoms with Crippen molar-refractivity contribution in [1.29, 1.82) is 0 Å². The van der Waals surface area contributed by atoms with Gasteiger partial charge in [0, 0.05) is 12.5 Å². The van der Waals surface area contributed by atoms with E-state index in [4.69, 9.17) is 31.7 Å². The number of aliphatic hydroxyl groups is 7. The second-order valence-electron chi connectivity index (χ2n) is 9.49. The highest BCUT2D eigenvalue weighted by Crippen LogP contribution is 2.45. The van der Waals surface area contributed by atoms with Crippen LogP contribution in [0.4, 0.5) is 4.39 Å². The Balaban J connectivity index is 1.48. The van der Waals surface area contributed by atoms with Crippen LogP contribution in [0.15, 0.2) is 12.2 Å². The molecule has 0 bridgehead atoms. The summed E-state index contributed by atoms with van der Waals surface area (Å²) >= 11 is 0. The smallest absolute Gasteiger partial charge is 0.327 e. The second-order valence-corrected chi connectivity index (χ2v) is 9.49. The molecule has 2 heterocycles. The molecule has 7 N–H and O–H groups in total. The van der Waals surface area contributed by atoms with Crippen LogP contribution in [0.5, 0.6) is 0 Å². The molecule has 3 rings (SSSR count). The Bertz CT molecular complexity index is 746. The van der Waals surface area contributed by atoms with E-state index < -0.39 is 77.9 Å². The molecule has 0 spiro atoms. The van der Waals surface area contributed by atoms with Crippen molar-refractivity contribution in [2.45, 2.75) is 79.2 Å². The third-order valence-electron chi connectivity index (χ3n) is 7.00. The molecule has 3 aliphatic rings. The van der Waals surface area contributed by atoms with Crippen LogP contribution in [0.2, 0.25) is 5.82 Å². The molecular weight excluding hydrogens is 456 g/mol. The summed E-state index contributed by atoms with van der Waals surface area (Å²) in [6.45, 7) is 4.87. The summed E-state index contributed by atoms with van der Waals surface area (Å²) in [5, 5.41) is 70.1. The van der Waals surface area contributed by atoms with Crippen LogP contribution >= 0.6 is 0 Å². The lowest BCUT2D eigenvalue weighted by Crippen LogP contribution is -2.48. The van der Waals surface area contributed by atoms with Gasteiger partial charge in [-0.15, -0.1) is 0 Å². The van der Waals surface area contributed by atoms with Crippen molar-refractivity contribution in [2.24, 2.45) is 5.92 Å². The summed E-state index contributed by atoms with van der Waals surface area (Å²) in [5.41, 5.74) is -2.94. The molecule has 0 aromatic carbocycles. The average molecular weight is 486 g/mol. The van der Waals surface area contributed by atoms with Crippen molar-refractivity contribution in [3.8, 4) is 0 Å². The minimum Gasteiger partial charge on any atom is -0.437 e. The molecule has 12 atom stereocenters. The summed E-state index contributed by atoms with van der Waals surface area (Å²) < 4.78 is 35.2. The van der Waals surface area contributed by atoms with E-state index >= 15 is 0 Å². The van der Waals surface area contributed by atoms with Crippen molar-refractivity contribution in [3.05, 3.63) is 12.2 Å². The molecule has 0 aromatic rings. The Labute approximate surface area is 199 Å². The quantitative estimate of drug-likeness (QED) is 0.125. The summed E-state index contributed by atoms with van der Waals surface area (Å²) in [6, 6.07) is -2.49. The lowest BCUT2D eigenvalue weighted by Gasteiger charge is -2.27. The first kappa shape index (κ1) is 28.0. The van der Waals surface area contributed by atoms with Gasteiger partial charge in [0.25, 0.3) is 5.85 Å². The van der Waals surface area contributed by atoms with Gasteiger partial charge in [-0.05, 0) is 19.7 Å². The van der Waals surface area contributed by atoms with E-state index in [1.54, 1.807) is 0 Å². The molecule has 11 nitrogen and oxygen atoms in total. The van der Waals surface area contributed by atoms with Crippen LogP contribution < -0.4 is 0 Å². The van der Waals surface area contributed by atoms with Crippen molar-refractivity contribution in [1.82, 2.24) is 0 Å². The Kier molecular flexibility index (Phi) is 8.28. The first-order valence-corrected chi connectivity index (χ1v) is 10.8. The van der Waals surface area contributed by atoms with Crippen LogP contribution in [0, 0.1) is 5.92 Å². The number of ether oxygens (including phenoxy) is 2. The minimum absolute atomic E-state index is 0.109. The zero-order valence-corrected chi connectivity index (χ0v) is 18.9. The Morgan fingerprint density at radius 2 is 1.59 bits per heavy atom. The molecule has 1 saturated carbocycles. The van der Waals surface area contributed by atoms with Crippen molar-refractivity contribution in [3.63, 3.8) is 0 Å². The van der Waals surface area contributed by atoms with E-state index in [0.717, 1.165) is 15.0 Å². The van der Waals surface area contributed by atoms with Gasteiger partial charge in [-0.2, -0.15) is 0 Å². The number of hydrogen-bond acceptors (Lipinski definition) is 11. The van der Waals surface area contributed by atoms with E-state index in [1.165, 1.54) is 13.8 Å². The molecule has 2 aliphatic heterocycles. The van der Waals surface area contributed by atoms with Crippen LogP contribution in [0.25, 0.3) is 0 Å². The maximum Gasteiger partial charge on any atom is 0.327 e. The highest BCUT2D eigenvalue weighted by Gasteiger charge is 2.56. The zero-order chi connectivity index (χ0) is 25.6. The van der Waals surface area contributed by atoms with Crippen molar-refractivity contribution in [2.75, 3.05) is 19.8 Å². The number of halogens is 1. The number of rotatable bonds is 9. The van der Waals surface area contributed by atoms with Crippen LogP contribution in [0.3, 0.4) is 0 Å². The van der Waals surface area contributed by atoms with Gasteiger partial charge in [0.15, 0.2) is 0 Å². The summed E-state index contributed by atoms with van der Waals surface area (Å²) in [5.74, 6) is -4.35. The predicted octanol–water partition coefficient (Wildman–Crippen LogP) is -3.91. The molecule has 3 fully saturated rings. The molecule has 2 saturated heterocycles. The van der Waals surface area contributed by atoms with E-state index in [0.29, 0.717) is 5.57 Å². The molecule has 188 valence electrons. The summed E-state index contributed by atoms with van der Waals surface area (Å²) in [7, 11) is 7.91. The Morgan fingerprint density at radius 1 is 1.00 bits per heavy atom. The van der Waals surface area contributed by atoms with Gasteiger partial charge in [-0.3, -0.25) is 0 Å². The normalized spacial score (nSPS) is 51.2. The van der Waals surface area contributed by atoms with Gasteiger partial charge in [0.2, 0.25) is 0 Å². The maximum absolute atomic E-state index is 14.1. The number of alkyl halides is 1. The maximum atomic E-state index is 14.1. The SMILES string of the molecule is [B][C@@H]1C(=C)[C@H](CO[B][C@@H]2O[C@H](CO[B][C@@H]3O[C@](F)(CO)[C@@H](O)[C@H]3O)[C@](C)(O)[C@H]2O)[C@@H](O)[C@@]1(C)O. The lowest BCUT2D eigenvalue weighted by atomic mass is 9.74. The molecule has 0 amide bonds. The predicted molar refractivity (Wildman–Crippen MR) is 115 cm³/mol. The van der Waals surface area contributed by atoms with E-state index in [2.05, 4.69) is 6.58 Å². The van der Waals surface area contributed by atoms with Crippen LogP contribution in [-0.2, 0) is 18.8 Å². The molecule has 1 aliphatic carbocycles. The standard InChI is InChI=1S/C19H30B3FO11/c1-7-8(12(26)18(3,30)11(7)20)4-31-22-16-14(28)17(2,29)9(33-16)5-32-21-15-10(25)13(27)19(23,6-24)34-15/h8-16,24-30H,1,4-6H2,2-3H3/t8-,9+,10+,11+,12+,13-,14-,15+,16+,17-,18-,19+/m0/s1. The number of hydrogen-bond donors (Lipinski definition) is 7. The van der Waals surface area contributed by atoms with Gasteiger partial charge >= 0.3 is 15.0 Å². The van der Waals surface area contributed by atoms with Gasteiger partial charge in [-0.25, -0.2) is 4.39 Å². The molecular formula is C19H30B3FO11. The topological polar surface area (TPSA) is 179 Å². The molecule has 34 heavy (non-hydrogen) atoms. The van der Waals surface area contributed by atoms with Crippen LogP contribution in [0.1, 0.15) is 13.8 Å². The fourth-order valence-electron chi connectivity index (χ4n) is 4.37. The van der Waals surface area contributed by atoms with Gasteiger partial charge < -0.3 is 54.5 Å². The highest BCUT2D eigenvalue weighted by atomic mass is 19.2. The molecule has 15 heteroatoms. The number of aliphatic hydroxyl groups excluding tert-OH is 5. The summed E-state index contributed by atoms with van der Waals surface area (Å²) in [6.07, 6.45) is -7.40. The fraction of sp³-hybridized carbons (Fsp3) is 0.895. The molecule has 0 aromatic heterocycles. The van der Waals surface area contributed by atoms with E-state index in [-0.39, 0.29) is 13.2 Å². The Hall–Kier alpha value is -0.575. The molecule has 0 unspecified atom stereocenters. The Morgan fingerprint density at radius 3 is 2.12 bits per heavy atom. The first-order chi connectivity index (χ1) is 15.7. The average Bonchev–Trinajstić information content (AvgIpc) is 3.20. The second kappa shape index (κ2) is 10.1. The van der Waals surface area contributed by atoms with Crippen molar-refractivity contribution < 1.29 is 58.9 Å². The van der Waals surface area contributed by atoms with Gasteiger partial charge in [0.1, 0.15) is 36.6 Å².